The molecule has 0 radical (unpaired) electrons. The van der Waals surface area contributed by atoms with Gasteiger partial charge in [-0.25, -0.2) is 4.98 Å². The Morgan fingerprint density at radius 3 is 2.59 bits per heavy atom. The lowest BCUT2D eigenvalue weighted by atomic mass is 10.2. The van der Waals surface area contributed by atoms with Crippen molar-refractivity contribution in [2.45, 2.75) is 58.6 Å². The summed E-state index contributed by atoms with van der Waals surface area (Å²) in [6, 6.07) is 0. The van der Waals surface area contributed by atoms with Crippen molar-refractivity contribution < 1.29 is 4.74 Å². The lowest BCUT2D eigenvalue weighted by Gasteiger charge is -2.31. The second kappa shape index (κ2) is 6.35. The third-order valence-electron chi connectivity index (χ3n) is 2.82. The summed E-state index contributed by atoms with van der Waals surface area (Å²) in [5, 5.41) is 0. The minimum Gasteiger partial charge on any atom is -0.362 e. The second-order valence-corrected chi connectivity index (χ2v) is 10.8. The quantitative estimate of drug-likeness (QED) is 0.695. The molecule has 3 nitrogen and oxygen atoms in total. The Morgan fingerprint density at radius 2 is 2.06 bits per heavy atom. The average molecular weight is 254 g/mol. The van der Waals surface area contributed by atoms with Crippen LogP contribution < -0.4 is 0 Å². The normalized spacial score (nSPS) is 13.9. The van der Waals surface area contributed by atoms with Gasteiger partial charge in [-0.1, -0.05) is 33.0 Å². The van der Waals surface area contributed by atoms with Gasteiger partial charge < -0.3 is 9.30 Å². The fourth-order valence-electron chi connectivity index (χ4n) is 1.99. The molecule has 98 valence electrons. The van der Waals surface area contributed by atoms with Crippen LogP contribution >= 0.6 is 0 Å². The molecule has 0 bridgehead atoms. The third kappa shape index (κ3) is 3.96. The van der Waals surface area contributed by atoms with Crippen molar-refractivity contribution in [3.8, 4) is 0 Å². The van der Waals surface area contributed by atoms with E-state index in [-0.39, 0.29) is 5.85 Å². The molecule has 1 unspecified atom stereocenters. The first-order valence-corrected chi connectivity index (χ1v) is 10.2. The molecule has 0 fully saturated rings. The number of hydrogen-bond acceptors (Lipinski definition) is 2. The zero-order valence-corrected chi connectivity index (χ0v) is 12.9. The van der Waals surface area contributed by atoms with E-state index in [1.807, 2.05) is 6.20 Å². The van der Waals surface area contributed by atoms with Crippen molar-refractivity contribution in [3.63, 3.8) is 0 Å². The van der Waals surface area contributed by atoms with Crippen molar-refractivity contribution in [2.24, 2.45) is 0 Å². The number of hydrogen-bond donors (Lipinski definition) is 0. The van der Waals surface area contributed by atoms with Gasteiger partial charge in [0.05, 0.1) is 0 Å². The molecule has 0 aromatic carbocycles. The molecule has 0 aliphatic carbocycles. The molecule has 4 heteroatoms. The minimum atomic E-state index is -1.38. The third-order valence-corrected chi connectivity index (χ3v) is 4.75. The highest BCUT2D eigenvalue weighted by atomic mass is 28.3. The minimum absolute atomic E-state index is 0.210. The van der Waals surface area contributed by atoms with E-state index in [0.29, 0.717) is 0 Å². The Balaban J connectivity index is 2.90. The molecule has 1 atom stereocenters. The van der Waals surface area contributed by atoms with Crippen LogP contribution in [-0.2, 0) is 11.2 Å². The summed E-state index contributed by atoms with van der Waals surface area (Å²) in [4.78, 5) is 4.48. The van der Waals surface area contributed by atoms with Crippen molar-refractivity contribution in [1.82, 2.24) is 9.55 Å². The van der Waals surface area contributed by atoms with Gasteiger partial charge in [-0.3, -0.25) is 0 Å². The Morgan fingerprint density at radius 1 is 1.35 bits per heavy atom. The zero-order chi connectivity index (χ0) is 12.9. The molecule has 1 aromatic heterocycles. The van der Waals surface area contributed by atoms with Gasteiger partial charge in [0.1, 0.15) is 19.7 Å². The van der Waals surface area contributed by atoms with E-state index in [1.165, 1.54) is 18.7 Å². The fraction of sp³-hybridized carbons (Fsp3) is 0.769. The number of rotatable bonds is 7. The van der Waals surface area contributed by atoms with E-state index in [4.69, 9.17) is 4.74 Å². The molecule has 17 heavy (non-hydrogen) atoms. The molecule has 1 heterocycles. The number of imidazole rings is 1. The number of aryl methyl sites for hydroxylation is 1. The SMILES string of the molecule is CCCCc1nccn1C(OCC)[Si](C)(C)C. The molecular formula is C13H26N2OSi. The van der Waals surface area contributed by atoms with E-state index in [2.05, 4.69) is 49.2 Å². The van der Waals surface area contributed by atoms with E-state index in [1.54, 1.807) is 0 Å². The molecule has 1 rings (SSSR count). The molecular weight excluding hydrogens is 228 g/mol. The number of ether oxygens (including phenoxy) is 1. The maximum Gasteiger partial charge on any atom is 0.119 e. The van der Waals surface area contributed by atoms with Crippen LogP contribution in [0.5, 0.6) is 0 Å². The first kappa shape index (κ1) is 14.4. The summed E-state index contributed by atoms with van der Waals surface area (Å²) in [7, 11) is -1.38. The summed E-state index contributed by atoms with van der Waals surface area (Å²) in [5.74, 6) is 1.38. The highest BCUT2D eigenvalue weighted by Crippen LogP contribution is 2.24. The van der Waals surface area contributed by atoms with Gasteiger partial charge in [0.25, 0.3) is 0 Å². The highest BCUT2D eigenvalue weighted by Gasteiger charge is 2.30. The predicted molar refractivity (Wildman–Crippen MR) is 74.8 cm³/mol. The van der Waals surface area contributed by atoms with Gasteiger partial charge in [-0.2, -0.15) is 0 Å². The average Bonchev–Trinajstić information content (AvgIpc) is 2.69. The van der Waals surface area contributed by atoms with Crippen LogP contribution in [0.25, 0.3) is 0 Å². The predicted octanol–water partition coefficient (Wildman–Crippen LogP) is 3.64. The summed E-state index contributed by atoms with van der Waals surface area (Å²) < 4.78 is 8.21. The van der Waals surface area contributed by atoms with Gasteiger partial charge >= 0.3 is 0 Å². The fourth-order valence-corrected chi connectivity index (χ4v) is 3.73. The lowest BCUT2D eigenvalue weighted by Crippen LogP contribution is -2.37. The van der Waals surface area contributed by atoms with Crippen LogP contribution in [0.2, 0.25) is 19.6 Å². The monoisotopic (exact) mass is 254 g/mol. The van der Waals surface area contributed by atoms with Crippen LogP contribution in [0.4, 0.5) is 0 Å². The van der Waals surface area contributed by atoms with Gasteiger partial charge in [-0.05, 0) is 13.3 Å². The summed E-state index contributed by atoms with van der Waals surface area (Å²) in [6.07, 6.45) is 7.43. The largest absolute Gasteiger partial charge is 0.362 e. The Hall–Kier alpha value is -0.613. The van der Waals surface area contributed by atoms with E-state index < -0.39 is 8.07 Å². The van der Waals surface area contributed by atoms with Crippen molar-refractivity contribution in [2.75, 3.05) is 6.61 Å². The molecule has 0 spiro atoms. The summed E-state index contributed by atoms with van der Waals surface area (Å²) >= 11 is 0. The first-order valence-electron chi connectivity index (χ1n) is 6.64. The maximum atomic E-state index is 5.96. The van der Waals surface area contributed by atoms with Crippen LogP contribution in [0.15, 0.2) is 12.4 Å². The number of nitrogens with zero attached hydrogens (tertiary/aromatic N) is 2. The van der Waals surface area contributed by atoms with Gasteiger partial charge in [0.2, 0.25) is 0 Å². The summed E-state index contributed by atoms with van der Waals surface area (Å²) in [5.41, 5.74) is 0. The van der Waals surface area contributed by atoms with Gasteiger partial charge in [0.15, 0.2) is 0 Å². The van der Waals surface area contributed by atoms with Crippen molar-refractivity contribution in [1.29, 1.82) is 0 Å². The van der Waals surface area contributed by atoms with E-state index in [9.17, 15) is 0 Å². The standard InChI is InChI=1S/C13H26N2OSi/c1-6-8-9-12-14-10-11-15(12)13(16-7-2)17(3,4)5/h10-11,13H,6-9H2,1-5H3. The van der Waals surface area contributed by atoms with Crippen LogP contribution in [-0.4, -0.2) is 24.2 Å². The number of unbranched alkanes of at least 4 members (excludes halogenated alkanes) is 1. The molecule has 0 saturated carbocycles. The molecule has 0 amide bonds. The van der Waals surface area contributed by atoms with E-state index >= 15 is 0 Å². The summed E-state index contributed by atoms with van der Waals surface area (Å²) in [6.45, 7) is 12.1. The molecule has 1 aromatic rings. The van der Waals surface area contributed by atoms with Crippen LogP contribution in [0, 0.1) is 0 Å². The zero-order valence-electron chi connectivity index (χ0n) is 11.9. The van der Waals surface area contributed by atoms with Gasteiger partial charge in [-0.15, -0.1) is 0 Å². The van der Waals surface area contributed by atoms with Crippen molar-refractivity contribution >= 4 is 8.07 Å². The molecule has 0 saturated heterocycles. The molecule has 0 aliphatic rings. The second-order valence-electron chi connectivity index (χ2n) is 5.53. The Kier molecular flexibility index (Phi) is 5.40. The van der Waals surface area contributed by atoms with Crippen LogP contribution in [0.3, 0.4) is 0 Å². The molecule has 0 N–H and O–H groups in total. The van der Waals surface area contributed by atoms with Crippen LogP contribution in [0.1, 0.15) is 38.4 Å². The Labute approximate surface area is 106 Å². The number of aromatic nitrogens is 2. The van der Waals surface area contributed by atoms with E-state index in [0.717, 1.165) is 13.0 Å². The van der Waals surface area contributed by atoms with Crippen molar-refractivity contribution in [3.05, 3.63) is 18.2 Å². The lowest BCUT2D eigenvalue weighted by molar-refractivity contribution is 0.0616. The first-order chi connectivity index (χ1) is 8.00. The highest BCUT2D eigenvalue weighted by molar-refractivity contribution is 6.76. The topological polar surface area (TPSA) is 27.1 Å². The molecule has 0 aliphatic heterocycles. The smallest absolute Gasteiger partial charge is 0.119 e. The van der Waals surface area contributed by atoms with Gasteiger partial charge in [0, 0.05) is 25.4 Å². The maximum absolute atomic E-state index is 5.96. The Bertz CT molecular complexity index is 330.